The molecule has 0 aliphatic heterocycles. The van der Waals surface area contributed by atoms with Crippen molar-refractivity contribution in [1.29, 1.82) is 0 Å². The summed E-state index contributed by atoms with van der Waals surface area (Å²) in [5.41, 5.74) is 8.42. The highest BCUT2D eigenvalue weighted by atomic mass is 16.5. The molecule has 0 aliphatic rings. The van der Waals surface area contributed by atoms with Gasteiger partial charge < -0.3 is 43.7 Å². The second kappa shape index (κ2) is 17.8. The number of hydrogen-bond acceptors (Lipinski definition) is 9. The van der Waals surface area contributed by atoms with Crippen LogP contribution >= 0.6 is 0 Å². The first kappa shape index (κ1) is 38.8. The fraction of sp³-hybridized carbons (Fsp3) is 0.415. The summed E-state index contributed by atoms with van der Waals surface area (Å²) in [5.74, 6) is 0.647. The minimum absolute atomic E-state index is 0.145. The highest BCUT2D eigenvalue weighted by molar-refractivity contribution is 5.58. The molecule has 0 amide bonds. The molecule has 0 saturated carbocycles. The third kappa shape index (κ3) is 8.49. The number of hydrogen-bond donors (Lipinski definition) is 3. The third-order valence-electron chi connectivity index (χ3n) is 9.42. The second-order valence-corrected chi connectivity index (χ2v) is 13.0. The van der Waals surface area contributed by atoms with E-state index in [1.54, 1.807) is 42.7 Å². The summed E-state index contributed by atoms with van der Waals surface area (Å²) in [6.07, 6.45) is 0.769. The summed E-state index contributed by atoms with van der Waals surface area (Å²) in [5, 5.41) is 33.0. The van der Waals surface area contributed by atoms with E-state index in [0.717, 1.165) is 45.4 Å². The van der Waals surface area contributed by atoms with Crippen LogP contribution in [0.1, 0.15) is 81.0 Å². The van der Waals surface area contributed by atoms with Gasteiger partial charge in [0.15, 0.2) is 0 Å². The summed E-state index contributed by atoms with van der Waals surface area (Å²) < 4.78 is 32.6. The van der Waals surface area contributed by atoms with Crippen molar-refractivity contribution in [3.8, 4) is 17.2 Å². The molecule has 0 saturated heterocycles. The Bertz CT molecular complexity index is 1570. The average molecular weight is 689 g/mol. The highest BCUT2D eigenvalue weighted by Crippen LogP contribution is 2.44. The van der Waals surface area contributed by atoms with E-state index in [2.05, 4.69) is 38.1 Å². The monoisotopic (exact) mass is 688 g/mol. The van der Waals surface area contributed by atoms with E-state index in [1.165, 1.54) is 0 Å². The molecular weight excluding hydrogens is 636 g/mol. The molecule has 0 heterocycles. The average Bonchev–Trinajstić information content (AvgIpc) is 3.10. The fourth-order valence-electron chi connectivity index (χ4n) is 6.71. The van der Waals surface area contributed by atoms with Crippen LogP contribution in [0.5, 0.6) is 17.2 Å². The van der Waals surface area contributed by atoms with E-state index < -0.39 is 5.41 Å². The van der Waals surface area contributed by atoms with Gasteiger partial charge in [-0.3, -0.25) is 0 Å². The lowest BCUT2D eigenvalue weighted by atomic mass is 9.69. The van der Waals surface area contributed by atoms with Crippen molar-refractivity contribution in [3.63, 3.8) is 0 Å². The van der Waals surface area contributed by atoms with Crippen molar-refractivity contribution < 1.29 is 43.7 Å². The number of benzene rings is 4. The maximum absolute atomic E-state index is 11.1. The summed E-state index contributed by atoms with van der Waals surface area (Å²) >= 11 is 0. The SMILES string of the molecule is COCc1cc(C(C)Cc2ccc(C(C)(c3cc(COC)c(O)c(COC)c3)c3cc(COC)c(O)c(COC)c3)cc2)cc(COC)c1O. The van der Waals surface area contributed by atoms with Crippen LogP contribution in [0, 0.1) is 0 Å². The molecule has 4 aromatic carbocycles. The minimum atomic E-state index is -0.747. The van der Waals surface area contributed by atoms with E-state index >= 15 is 0 Å². The van der Waals surface area contributed by atoms with Crippen molar-refractivity contribution in [1.82, 2.24) is 0 Å². The third-order valence-corrected chi connectivity index (χ3v) is 9.42. The maximum Gasteiger partial charge on any atom is 0.126 e. The van der Waals surface area contributed by atoms with Crippen LogP contribution < -0.4 is 0 Å². The molecule has 1 atom stereocenters. The molecule has 4 aromatic rings. The number of rotatable bonds is 18. The molecule has 3 N–H and O–H groups in total. The predicted molar refractivity (Wildman–Crippen MR) is 193 cm³/mol. The molecule has 0 aromatic heterocycles. The first-order valence-electron chi connectivity index (χ1n) is 16.6. The van der Waals surface area contributed by atoms with Crippen molar-refractivity contribution >= 4 is 0 Å². The molecule has 50 heavy (non-hydrogen) atoms. The molecule has 0 aliphatic carbocycles. The maximum atomic E-state index is 11.1. The zero-order chi connectivity index (χ0) is 36.4. The van der Waals surface area contributed by atoms with Gasteiger partial charge in [-0.1, -0.05) is 31.2 Å². The number of methoxy groups -OCH3 is 6. The van der Waals surface area contributed by atoms with Gasteiger partial charge in [0, 0.05) is 81.5 Å². The van der Waals surface area contributed by atoms with Crippen molar-refractivity contribution in [2.45, 2.75) is 71.2 Å². The number of aromatic hydroxyl groups is 3. The zero-order valence-electron chi connectivity index (χ0n) is 30.6. The van der Waals surface area contributed by atoms with Gasteiger partial charge in [-0.2, -0.15) is 0 Å². The van der Waals surface area contributed by atoms with Crippen molar-refractivity contribution in [3.05, 3.63) is 122 Å². The quantitative estimate of drug-likeness (QED) is 0.0921. The first-order chi connectivity index (χ1) is 24.0. The zero-order valence-corrected chi connectivity index (χ0v) is 30.6. The summed E-state index contributed by atoms with van der Waals surface area (Å²) in [6, 6.07) is 20.5. The molecule has 0 bridgehead atoms. The Labute approximate surface area is 296 Å². The van der Waals surface area contributed by atoms with E-state index in [9.17, 15) is 15.3 Å². The van der Waals surface area contributed by atoms with E-state index in [4.69, 9.17) is 28.4 Å². The smallest absolute Gasteiger partial charge is 0.126 e. The lowest BCUT2D eigenvalue weighted by Crippen LogP contribution is -2.27. The highest BCUT2D eigenvalue weighted by Gasteiger charge is 2.34. The molecule has 0 radical (unpaired) electrons. The van der Waals surface area contributed by atoms with Gasteiger partial charge in [0.25, 0.3) is 0 Å². The van der Waals surface area contributed by atoms with Gasteiger partial charge >= 0.3 is 0 Å². The van der Waals surface area contributed by atoms with Crippen molar-refractivity contribution in [2.24, 2.45) is 0 Å². The Morgan fingerprint density at radius 3 is 1.08 bits per heavy atom. The van der Waals surface area contributed by atoms with Gasteiger partial charge in [-0.25, -0.2) is 0 Å². The van der Waals surface area contributed by atoms with E-state index in [0.29, 0.717) is 35.5 Å². The van der Waals surface area contributed by atoms with Gasteiger partial charge in [0.05, 0.1) is 39.6 Å². The van der Waals surface area contributed by atoms with Crippen LogP contribution in [0.15, 0.2) is 60.7 Å². The lowest BCUT2D eigenvalue weighted by Gasteiger charge is -2.34. The second-order valence-electron chi connectivity index (χ2n) is 13.0. The van der Waals surface area contributed by atoms with E-state index in [-0.39, 0.29) is 49.6 Å². The van der Waals surface area contributed by atoms with Crippen LogP contribution in [0.4, 0.5) is 0 Å². The van der Waals surface area contributed by atoms with Gasteiger partial charge in [-0.15, -0.1) is 0 Å². The van der Waals surface area contributed by atoms with Crippen LogP contribution in [0.2, 0.25) is 0 Å². The molecule has 4 rings (SSSR count). The molecule has 0 spiro atoms. The normalized spacial score (nSPS) is 12.4. The Kier molecular flexibility index (Phi) is 13.8. The van der Waals surface area contributed by atoms with Crippen molar-refractivity contribution in [2.75, 3.05) is 42.7 Å². The molecule has 1 unspecified atom stereocenters. The molecule has 270 valence electrons. The number of phenolic OH excluding ortho intramolecular Hbond substituents is 3. The van der Waals surface area contributed by atoms with Crippen LogP contribution in [0.3, 0.4) is 0 Å². The first-order valence-corrected chi connectivity index (χ1v) is 16.6. The van der Waals surface area contributed by atoms with E-state index in [1.807, 2.05) is 36.4 Å². The lowest BCUT2D eigenvalue weighted by molar-refractivity contribution is 0.174. The summed E-state index contributed by atoms with van der Waals surface area (Å²) in [7, 11) is 9.64. The van der Waals surface area contributed by atoms with Gasteiger partial charge in [-0.05, 0) is 83.5 Å². The summed E-state index contributed by atoms with van der Waals surface area (Å²) in [4.78, 5) is 0. The topological polar surface area (TPSA) is 116 Å². The van der Waals surface area contributed by atoms with Crippen LogP contribution in [-0.4, -0.2) is 58.0 Å². The Morgan fingerprint density at radius 1 is 0.480 bits per heavy atom. The minimum Gasteiger partial charge on any atom is -0.507 e. The molecule has 9 heteroatoms. The summed E-state index contributed by atoms with van der Waals surface area (Å²) in [6.45, 7) is 5.82. The molecule has 0 fully saturated rings. The predicted octanol–water partition coefficient (Wildman–Crippen LogP) is 7.38. The fourth-order valence-corrected chi connectivity index (χ4v) is 6.71. The van der Waals surface area contributed by atoms with Gasteiger partial charge in [0.1, 0.15) is 17.2 Å². The Hall–Kier alpha value is -3.96. The van der Waals surface area contributed by atoms with Gasteiger partial charge in [0.2, 0.25) is 0 Å². The number of ether oxygens (including phenoxy) is 6. The Balaban J connectivity index is 1.85. The Morgan fingerprint density at radius 2 is 0.780 bits per heavy atom. The molecular formula is C41H52O9. The van der Waals surface area contributed by atoms with Crippen LogP contribution in [-0.2, 0) is 79.9 Å². The standard InChI is InChI=1S/C41H52O9/c1-26(28-14-29(20-45-3)38(42)30(15-28)21-46-4)13-27-9-11-35(12-10-27)41(2,36-16-31(22-47-5)39(43)32(17-36)23-48-6)37-18-33(24-49-7)40(44)34(19-37)25-50-8/h9-12,14-19,26,42-44H,13,20-25H2,1-8H3. The van der Waals surface area contributed by atoms with Crippen LogP contribution in [0.25, 0.3) is 0 Å². The molecule has 9 nitrogen and oxygen atoms in total. The largest absolute Gasteiger partial charge is 0.507 e. The number of phenols is 3.